The average Bonchev–Trinajstić information content (AvgIpc) is 3.24. The minimum absolute atomic E-state index is 0.0660. The van der Waals surface area contributed by atoms with Crippen molar-refractivity contribution in [3.8, 4) is 0 Å². The van der Waals surface area contributed by atoms with E-state index in [2.05, 4.69) is 20.4 Å². The summed E-state index contributed by atoms with van der Waals surface area (Å²) < 4.78 is 1.62. The van der Waals surface area contributed by atoms with E-state index < -0.39 is 0 Å². The molecule has 2 amide bonds. The van der Waals surface area contributed by atoms with Crippen LogP contribution >= 0.6 is 0 Å². The van der Waals surface area contributed by atoms with Crippen molar-refractivity contribution < 1.29 is 9.59 Å². The van der Waals surface area contributed by atoms with Crippen LogP contribution in [0.15, 0.2) is 48.9 Å². The molecule has 0 saturated carbocycles. The van der Waals surface area contributed by atoms with Gasteiger partial charge < -0.3 is 10.2 Å². The third kappa shape index (κ3) is 4.63. The Bertz CT molecular complexity index is 1080. The number of aryl methyl sites for hydroxylation is 2. The van der Waals surface area contributed by atoms with Crippen molar-refractivity contribution in [3.63, 3.8) is 0 Å². The lowest BCUT2D eigenvalue weighted by Gasteiger charge is -2.34. The number of hydrogen-bond acceptors (Lipinski definition) is 5. The third-order valence-corrected chi connectivity index (χ3v) is 5.55. The van der Waals surface area contributed by atoms with E-state index in [9.17, 15) is 9.59 Å². The largest absolute Gasteiger partial charge is 0.348 e. The van der Waals surface area contributed by atoms with Gasteiger partial charge in [-0.3, -0.25) is 14.3 Å². The van der Waals surface area contributed by atoms with Crippen molar-refractivity contribution >= 4 is 11.8 Å². The van der Waals surface area contributed by atoms with Crippen LogP contribution in [-0.2, 0) is 13.6 Å². The molecule has 31 heavy (non-hydrogen) atoms. The molecular weight excluding hydrogens is 392 g/mol. The van der Waals surface area contributed by atoms with E-state index in [0.29, 0.717) is 35.7 Å². The van der Waals surface area contributed by atoms with Gasteiger partial charge >= 0.3 is 0 Å². The first-order valence-corrected chi connectivity index (χ1v) is 10.5. The predicted molar refractivity (Wildman–Crippen MR) is 115 cm³/mol. The van der Waals surface area contributed by atoms with Crippen molar-refractivity contribution in [1.29, 1.82) is 0 Å². The highest BCUT2D eigenvalue weighted by Crippen LogP contribution is 2.30. The summed E-state index contributed by atoms with van der Waals surface area (Å²) in [6.07, 6.45) is 7.62. The fourth-order valence-corrected chi connectivity index (χ4v) is 3.88. The second-order valence-corrected chi connectivity index (χ2v) is 7.81. The Morgan fingerprint density at radius 2 is 1.97 bits per heavy atom. The molecule has 0 spiro atoms. The standard InChI is InChI=1S/C23H26N6O2/c1-16-19(22(30)25-12-17-8-4-3-5-9-17)14-24-21(27-16)20-10-6-7-11-29(20)23(31)18-13-26-28(2)15-18/h3-5,8-9,13-15,20H,6-7,10-12H2,1-2H3,(H,25,30)/t20-/m0/s1. The van der Waals surface area contributed by atoms with E-state index in [1.165, 1.54) is 0 Å². The molecule has 8 nitrogen and oxygen atoms in total. The van der Waals surface area contributed by atoms with E-state index in [0.717, 1.165) is 24.8 Å². The number of hydrogen-bond donors (Lipinski definition) is 1. The number of likely N-dealkylation sites (tertiary alicyclic amines) is 1. The van der Waals surface area contributed by atoms with Crippen LogP contribution in [0.2, 0.25) is 0 Å². The maximum Gasteiger partial charge on any atom is 0.257 e. The van der Waals surface area contributed by atoms with E-state index in [1.54, 1.807) is 37.2 Å². The summed E-state index contributed by atoms with van der Waals surface area (Å²) in [4.78, 5) is 36.6. The molecule has 0 unspecified atom stereocenters. The minimum atomic E-state index is -0.208. The van der Waals surface area contributed by atoms with E-state index in [1.807, 2.05) is 35.2 Å². The Hall–Kier alpha value is -3.55. The van der Waals surface area contributed by atoms with Gasteiger partial charge in [-0.1, -0.05) is 30.3 Å². The van der Waals surface area contributed by atoms with Gasteiger partial charge in [0.1, 0.15) is 0 Å². The van der Waals surface area contributed by atoms with Gasteiger partial charge in [-0.15, -0.1) is 0 Å². The third-order valence-electron chi connectivity index (χ3n) is 5.55. The van der Waals surface area contributed by atoms with Crippen molar-refractivity contribution in [2.45, 2.75) is 38.8 Å². The molecule has 3 heterocycles. The summed E-state index contributed by atoms with van der Waals surface area (Å²) >= 11 is 0. The van der Waals surface area contributed by atoms with E-state index in [4.69, 9.17) is 0 Å². The Labute approximate surface area is 181 Å². The molecule has 160 valence electrons. The lowest BCUT2D eigenvalue weighted by atomic mass is 10.00. The summed E-state index contributed by atoms with van der Waals surface area (Å²) in [7, 11) is 1.79. The Morgan fingerprint density at radius 1 is 1.16 bits per heavy atom. The van der Waals surface area contributed by atoms with Crippen molar-refractivity contribution in [1.82, 2.24) is 30.0 Å². The van der Waals surface area contributed by atoms with Crippen LogP contribution in [0.3, 0.4) is 0 Å². The Morgan fingerprint density at radius 3 is 2.68 bits per heavy atom. The number of piperidine rings is 1. The van der Waals surface area contributed by atoms with Crippen molar-refractivity contribution in [2.24, 2.45) is 7.05 Å². The van der Waals surface area contributed by atoms with Gasteiger partial charge in [0, 0.05) is 32.5 Å². The zero-order valence-corrected chi connectivity index (χ0v) is 17.8. The van der Waals surface area contributed by atoms with Crippen LogP contribution in [0.1, 0.15) is 63.1 Å². The monoisotopic (exact) mass is 418 g/mol. The van der Waals surface area contributed by atoms with Gasteiger partial charge in [-0.25, -0.2) is 9.97 Å². The molecule has 3 aromatic rings. The summed E-state index contributed by atoms with van der Waals surface area (Å²) in [5.41, 5.74) is 2.64. The molecule has 1 N–H and O–H groups in total. The fraction of sp³-hybridized carbons (Fsp3) is 0.348. The zero-order valence-electron chi connectivity index (χ0n) is 17.8. The van der Waals surface area contributed by atoms with Gasteiger partial charge in [0.05, 0.1) is 29.1 Å². The number of amides is 2. The zero-order chi connectivity index (χ0) is 21.8. The summed E-state index contributed by atoms with van der Waals surface area (Å²) in [6.45, 7) is 2.90. The molecule has 1 atom stereocenters. The topological polar surface area (TPSA) is 93.0 Å². The molecule has 1 saturated heterocycles. The van der Waals surface area contributed by atoms with Crippen LogP contribution in [0.25, 0.3) is 0 Å². The first kappa shape index (κ1) is 20.7. The van der Waals surface area contributed by atoms with Gasteiger partial charge in [-0.2, -0.15) is 5.10 Å². The molecule has 4 rings (SSSR count). The normalized spacial score (nSPS) is 16.2. The summed E-state index contributed by atoms with van der Waals surface area (Å²) in [5, 5.41) is 7.02. The number of carbonyl (C=O) groups excluding carboxylic acids is 2. The minimum Gasteiger partial charge on any atom is -0.348 e. The smallest absolute Gasteiger partial charge is 0.257 e. The lowest BCUT2D eigenvalue weighted by molar-refractivity contribution is 0.0599. The molecule has 0 aliphatic carbocycles. The first-order chi connectivity index (χ1) is 15.0. The number of rotatable bonds is 5. The average molecular weight is 419 g/mol. The SMILES string of the molecule is Cc1nc([C@@H]2CCCCN2C(=O)c2cnn(C)c2)ncc1C(=O)NCc1ccccc1. The number of aromatic nitrogens is 4. The van der Waals surface area contributed by atoms with Crippen LogP contribution in [-0.4, -0.2) is 43.0 Å². The molecule has 8 heteroatoms. The maximum absolute atomic E-state index is 13.0. The molecule has 1 aliphatic heterocycles. The molecule has 0 bridgehead atoms. The van der Waals surface area contributed by atoms with Gasteiger partial charge in [0.2, 0.25) is 0 Å². The molecule has 0 radical (unpaired) electrons. The van der Waals surface area contributed by atoms with Crippen molar-refractivity contribution in [2.75, 3.05) is 6.54 Å². The first-order valence-electron chi connectivity index (χ1n) is 10.5. The highest BCUT2D eigenvalue weighted by atomic mass is 16.2. The molecule has 1 aliphatic rings. The van der Waals surface area contributed by atoms with Crippen LogP contribution in [0, 0.1) is 6.92 Å². The highest BCUT2D eigenvalue weighted by molar-refractivity contribution is 5.95. The lowest BCUT2D eigenvalue weighted by Crippen LogP contribution is -2.39. The predicted octanol–water partition coefficient (Wildman–Crippen LogP) is 2.82. The quantitative estimate of drug-likeness (QED) is 0.688. The van der Waals surface area contributed by atoms with E-state index >= 15 is 0 Å². The van der Waals surface area contributed by atoms with Crippen LogP contribution in [0.4, 0.5) is 0 Å². The number of nitrogens with zero attached hydrogens (tertiary/aromatic N) is 5. The maximum atomic E-state index is 13.0. The molecule has 1 fully saturated rings. The summed E-state index contributed by atoms with van der Waals surface area (Å²) in [5.74, 6) is 0.303. The van der Waals surface area contributed by atoms with E-state index in [-0.39, 0.29) is 17.9 Å². The van der Waals surface area contributed by atoms with Crippen LogP contribution in [0.5, 0.6) is 0 Å². The fourth-order valence-electron chi connectivity index (χ4n) is 3.88. The van der Waals surface area contributed by atoms with Gasteiger partial charge in [0.25, 0.3) is 11.8 Å². The summed E-state index contributed by atoms with van der Waals surface area (Å²) in [6, 6.07) is 9.53. The van der Waals surface area contributed by atoms with Crippen molar-refractivity contribution in [3.05, 3.63) is 77.1 Å². The second kappa shape index (κ2) is 9.07. The number of benzene rings is 1. The van der Waals surface area contributed by atoms with Crippen LogP contribution < -0.4 is 5.32 Å². The Balaban J connectivity index is 1.50. The van der Waals surface area contributed by atoms with Gasteiger partial charge in [0.15, 0.2) is 5.82 Å². The number of carbonyl (C=O) groups is 2. The molecular formula is C23H26N6O2. The molecule has 2 aromatic heterocycles. The van der Waals surface area contributed by atoms with Gasteiger partial charge in [-0.05, 0) is 31.7 Å². The number of nitrogens with one attached hydrogen (secondary N) is 1. The molecule has 1 aromatic carbocycles. The second-order valence-electron chi connectivity index (χ2n) is 7.81. The highest BCUT2D eigenvalue weighted by Gasteiger charge is 2.31. The Kier molecular flexibility index (Phi) is 6.06.